The third-order valence-electron chi connectivity index (χ3n) is 6.14. The molecule has 1 N–H and O–H groups in total. The summed E-state index contributed by atoms with van der Waals surface area (Å²) in [5, 5.41) is 3.12. The number of para-hydroxylation sites is 1. The van der Waals surface area contributed by atoms with E-state index in [2.05, 4.69) is 29.6 Å². The number of hydrogen-bond donors (Lipinski definition) is 1. The van der Waals surface area contributed by atoms with E-state index in [0.29, 0.717) is 19.5 Å². The Labute approximate surface area is 160 Å². The van der Waals surface area contributed by atoms with Crippen molar-refractivity contribution < 1.29 is 9.59 Å². The fraction of sp³-hybridized carbons (Fsp3) is 0.391. The Bertz CT molecular complexity index is 798. The summed E-state index contributed by atoms with van der Waals surface area (Å²) in [5.41, 5.74) is 2.18. The molecular weight excluding hydrogens is 336 g/mol. The van der Waals surface area contributed by atoms with Gasteiger partial charge >= 0.3 is 0 Å². The van der Waals surface area contributed by atoms with Gasteiger partial charge in [0.05, 0.1) is 0 Å². The number of carbonyl (C=O) groups excluding carboxylic acids is 2. The molecule has 2 aliphatic rings. The Kier molecular flexibility index (Phi) is 4.97. The molecule has 0 radical (unpaired) electrons. The van der Waals surface area contributed by atoms with Gasteiger partial charge in [-0.05, 0) is 37.0 Å². The van der Waals surface area contributed by atoms with Gasteiger partial charge in [0.2, 0.25) is 11.8 Å². The van der Waals surface area contributed by atoms with E-state index in [-0.39, 0.29) is 17.2 Å². The molecule has 1 unspecified atom stereocenters. The van der Waals surface area contributed by atoms with E-state index in [0.717, 1.165) is 18.5 Å². The molecule has 0 aromatic heterocycles. The molecule has 4 rings (SSSR count). The highest BCUT2D eigenvalue weighted by molar-refractivity contribution is 6.09. The number of carbonyl (C=O) groups is 2. The molecule has 2 aromatic rings. The molecule has 140 valence electrons. The normalized spacial score (nSPS) is 21.4. The van der Waals surface area contributed by atoms with Gasteiger partial charge in [0, 0.05) is 24.2 Å². The molecule has 0 spiro atoms. The van der Waals surface area contributed by atoms with Gasteiger partial charge in [-0.3, -0.25) is 9.59 Å². The first kappa shape index (κ1) is 17.8. The van der Waals surface area contributed by atoms with Crippen molar-refractivity contribution in [3.8, 4) is 0 Å². The lowest BCUT2D eigenvalue weighted by Gasteiger charge is -2.30. The smallest absolute Gasteiger partial charge is 0.239 e. The predicted molar refractivity (Wildman–Crippen MR) is 106 cm³/mol. The van der Waals surface area contributed by atoms with Gasteiger partial charge in [-0.25, -0.2) is 0 Å². The second kappa shape index (κ2) is 7.55. The van der Waals surface area contributed by atoms with Crippen molar-refractivity contribution in [2.24, 2.45) is 5.92 Å². The average molecular weight is 362 g/mol. The van der Waals surface area contributed by atoms with Crippen LogP contribution in [0.3, 0.4) is 0 Å². The van der Waals surface area contributed by atoms with Gasteiger partial charge in [-0.15, -0.1) is 0 Å². The van der Waals surface area contributed by atoms with E-state index in [4.69, 9.17) is 0 Å². The molecule has 1 heterocycles. The van der Waals surface area contributed by atoms with Crippen LogP contribution in [0, 0.1) is 5.92 Å². The highest BCUT2D eigenvalue weighted by Gasteiger charge is 2.40. The number of amides is 2. The van der Waals surface area contributed by atoms with E-state index >= 15 is 0 Å². The third-order valence-corrected chi connectivity index (χ3v) is 6.14. The molecule has 1 atom stereocenters. The zero-order valence-corrected chi connectivity index (χ0v) is 15.6. The Balaban J connectivity index is 1.43. The maximum absolute atomic E-state index is 12.8. The lowest BCUT2D eigenvalue weighted by atomic mass is 9.78. The standard InChI is InChI=1S/C23H26N2O2/c26-21(20-13-16-25(22(20)27)19-11-5-2-6-12-19)24-17-23(14-7-8-15-23)18-9-3-1-4-10-18/h1-6,9-12,20H,7-8,13-17H2,(H,24,26). The minimum atomic E-state index is -0.570. The summed E-state index contributed by atoms with van der Waals surface area (Å²) in [5.74, 6) is -0.779. The monoisotopic (exact) mass is 362 g/mol. The average Bonchev–Trinajstić information content (AvgIpc) is 3.35. The Morgan fingerprint density at radius 3 is 2.30 bits per heavy atom. The lowest BCUT2D eigenvalue weighted by Crippen LogP contribution is -2.43. The second-order valence-corrected chi connectivity index (χ2v) is 7.74. The molecule has 2 amide bonds. The second-order valence-electron chi connectivity index (χ2n) is 7.74. The van der Waals surface area contributed by atoms with Gasteiger partial charge in [0.15, 0.2) is 0 Å². The number of hydrogen-bond acceptors (Lipinski definition) is 2. The fourth-order valence-corrected chi connectivity index (χ4v) is 4.58. The van der Waals surface area contributed by atoms with E-state index in [1.54, 1.807) is 4.90 Å². The van der Waals surface area contributed by atoms with E-state index in [9.17, 15) is 9.59 Å². The number of benzene rings is 2. The summed E-state index contributed by atoms with van der Waals surface area (Å²) in [6.45, 7) is 1.22. The molecule has 1 saturated carbocycles. The van der Waals surface area contributed by atoms with E-state index in [1.165, 1.54) is 18.4 Å². The Morgan fingerprint density at radius 2 is 1.63 bits per heavy atom. The van der Waals surface area contributed by atoms with Gasteiger partial charge in [-0.2, -0.15) is 0 Å². The van der Waals surface area contributed by atoms with E-state index in [1.807, 2.05) is 36.4 Å². The molecule has 27 heavy (non-hydrogen) atoms. The van der Waals surface area contributed by atoms with Gasteiger partial charge < -0.3 is 10.2 Å². The first-order chi connectivity index (χ1) is 13.2. The Hall–Kier alpha value is -2.62. The van der Waals surface area contributed by atoms with Crippen molar-refractivity contribution in [2.75, 3.05) is 18.0 Å². The maximum atomic E-state index is 12.8. The molecule has 2 aromatic carbocycles. The lowest BCUT2D eigenvalue weighted by molar-refractivity contribution is -0.132. The summed E-state index contributed by atoms with van der Waals surface area (Å²) in [4.78, 5) is 27.3. The number of nitrogens with one attached hydrogen (secondary N) is 1. The van der Waals surface area contributed by atoms with Crippen LogP contribution in [0.15, 0.2) is 60.7 Å². The molecule has 1 aliphatic heterocycles. The molecule has 2 fully saturated rings. The molecule has 1 saturated heterocycles. The molecule has 0 bridgehead atoms. The zero-order valence-electron chi connectivity index (χ0n) is 15.6. The first-order valence-corrected chi connectivity index (χ1v) is 9.89. The van der Waals surface area contributed by atoms with Crippen LogP contribution in [0.5, 0.6) is 0 Å². The third kappa shape index (κ3) is 3.48. The van der Waals surface area contributed by atoms with Crippen LogP contribution in [0.4, 0.5) is 5.69 Å². The zero-order chi connectivity index (χ0) is 18.7. The molecule has 1 aliphatic carbocycles. The summed E-state index contributed by atoms with van der Waals surface area (Å²) in [7, 11) is 0. The van der Waals surface area contributed by atoms with Crippen LogP contribution in [0.2, 0.25) is 0 Å². The topological polar surface area (TPSA) is 49.4 Å². The number of anilines is 1. The quantitative estimate of drug-likeness (QED) is 0.825. The van der Waals surface area contributed by atoms with Gasteiger partial charge in [-0.1, -0.05) is 61.4 Å². The number of nitrogens with zero attached hydrogens (tertiary/aromatic N) is 1. The highest BCUT2D eigenvalue weighted by atomic mass is 16.2. The maximum Gasteiger partial charge on any atom is 0.239 e. The van der Waals surface area contributed by atoms with Crippen LogP contribution >= 0.6 is 0 Å². The van der Waals surface area contributed by atoms with Gasteiger partial charge in [0.25, 0.3) is 0 Å². The first-order valence-electron chi connectivity index (χ1n) is 9.89. The van der Waals surface area contributed by atoms with Crippen LogP contribution in [-0.2, 0) is 15.0 Å². The highest BCUT2D eigenvalue weighted by Crippen LogP contribution is 2.40. The summed E-state index contributed by atoms with van der Waals surface area (Å²) in [6, 6.07) is 20.1. The largest absolute Gasteiger partial charge is 0.355 e. The van der Waals surface area contributed by atoms with Crippen LogP contribution in [0.1, 0.15) is 37.7 Å². The summed E-state index contributed by atoms with van der Waals surface area (Å²) in [6.07, 6.45) is 5.14. The van der Waals surface area contributed by atoms with Crippen LogP contribution in [-0.4, -0.2) is 24.9 Å². The van der Waals surface area contributed by atoms with E-state index < -0.39 is 5.92 Å². The summed E-state index contributed by atoms with van der Waals surface area (Å²) >= 11 is 0. The molecule has 4 heteroatoms. The summed E-state index contributed by atoms with van der Waals surface area (Å²) < 4.78 is 0. The fourth-order valence-electron chi connectivity index (χ4n) is 4.58. The molecular formula is C23H26N2O2. The Morgan fingerprint density at radius 1 is 1.00 bits per heavy atom. The predicted octanol–water partition coefficient (Wildman–Crippen LogP) is 3.67. The van der Waals surface area contributed by atoms with Crippen molar-refractivity contribution >= 4 is 17.5 Å². The van der Waals surface area contributed by atoms with Crippen LogP contribution < -0.4 is 10.2 Å². The van der Waals surface area contributed by atoms with Crippen molar-refractivity contribution in [3.63, 3.8) is 0 Å². The van der Waals surface area contributed by atoms with Gasteiger partial charge in [0.1, 0.15) is 5.92 Å². The van der Waals surface area contributed by atoms with Crippen molar-refractivity contribution in [2.45, 2.75) is 37.5 Å². The van der Waals surface area contributed by atoms with Crippen molar-refractivity contribution in [3.05, 3.63) is 66.2 Å². The minimum Gasteiger partial charge on any atom is -0.355 e. The van der Waals surface area contributed by atoms with Crippen molar-refractivity contribution in [1.29, 1.82) is 0 Å². The SMILES string of the molecule is O=C(NCC1(c2ccccc2)CCCC1)C1CCN(c2ccccc2)C1=O. The number of rotatable bonds is 5. The minimum absolute atomic E-state index is 0.0116. The van der Waals surface area contributed by atoms with Crippen LogP contribution in [0.25, 0.3) is 0 Å². The van der Waals surface area contributed by atoms with Crippen molar-refractivity contribution in [1.82, 2.24) is 5.32 Å². The molecule has 4 nitrogen and oxygen atoms in total.